The van der Waals surface area contributed by atoms with Crippen LogP contribution >= 0.6 is 0 Å². The normalized spacial score (nSPS) is 21.7. The van der Waals surface area contributed by atoms with Gasteiger partial charge in [-0.15, -0.1) is 0 Å². The first-order valence-electron chi connectivity index (χ1n) is 10.4. The SMILES string of the molecule is O=C(COCc1ccccc1)N1CCCC12CCCN(Cc1ccccc1)C2=O. The molecule has 29 heavy (non-hydrogen) atoms. The van der Waals surface area contributed by atoms with E-state index in [1.807, 2.05) is 65.6 Å². The topological polar surface area (TPSA) is 49.9 Å². The highest BCUT2D eigenvalue weighted by molar-refractivity contribution is 5.93. The summed E-state index contributed by atoms with van der Waals surface area (Å²) in [5, 5.41) is 0. The summed E-state index contributed by atoms with van der Waals surface area (Å²) in [7, 11) is 0. The number of hydrogen-bond donors (Lipinski definition) is 0. The molecule has 2 aliphatic heterocycles. The number of likely N-dealkylation sites (tertiary alicyclic amines) is 2. The number of ether oxygens (including phenoxy) is 1. The van der Waals surface area contributed by atoms with E-state index in [-0.39, 0.29) is 18.4 Å². The summed E-state index contributed by atoms with van der Waals surface area (Å²) >= 11 is 0. The summed E-state index contributed by atoms with van der Waals surface area (Å²) in [5.41, 5.74) is 1.49. The van der Waals surface area contributed by atoms with E-state index in [1.165, 1.54) is 0 Å². The van der Waals surface area contributed by atoms with Gasteiger partial charge in [0.15, 0.2) is 0 Å². The monoisotopic (exact) mass is 392 g/mol. The molecule has 2 heterocycles. The molecule has 0 bridgehead atoms. The van der Waals surface area contributed by atoms with Crippen LogP contribution in [0.3, 0.4) is 0 Å². The standard InChI is InChI=1S/C24H28N2O3/c27-22(19-29-18-21-11-5-2-6-12-21)26-16-8-14-24(26)13-7-15-25(23(24)28)17-20-9-3-1-4-10-20/h1-6,9-12H,7-8,13-19H2. The summed E-state index contributed by atoms with van der Waals surface area (Å²) in [4.78, 5) is 30.1. The van der Waals surface area contributed by atoms with E-state index in [9.17, 15) is 9.59 Å². The highest BCUT2D eigenvalue weighted by Gasteiger charge is 2.52. The number of amides is 2. The lowest BCUT2D eigenvalue weighted by Crippen LogP contribution is -2.61. The maximum absolute atomic E-state index is 13.5. The number of nitrogens with zero attached hydrogens (tertiary/aromatic N) is 2. The molecule has 0 aromatic heterocycles. The minimum atomic E-state index is -0.680. The van der Waals surface area contributed by atoms with Crippen LogP contribution in [0.4, 0.5) is 0 Å². The molecule has 2 aliphatic rings. The Kier molecular flexibility index (Phi) is 5.95. The quantitative estimate of drug-likeness (QED) is 0.757. The van der Waals surface area contributed by atoms with Crippen molar-refractivity contribution in [1.82, 2.24) is 9.80 Å². The molecule has 5 nitrogen and oxygen atoms in total. The largest absolute Gasteiger partial charge is 0.367 e. The molecule has 2 fully saturated rings. The van der Waals surface area contributed by atoms with Gasteiger partial charge in [0.2, 0.25) is 11.8 Å². The lowest BCUT2D eigenvalue weighted by atomic mass is 9.85. The Morgan fingerprint density at radius 1 is 0.897 bits per heavy atom. The van der Waals surface area contributed by atoms with Gasteiger partial charge < -0.3 is 14.5 Å². The van der Waals surface area contributed by atoms with Crippen molar-refractivity contribution in [3.8, 4) is 0 Å². The van der Waals surface area contributed by atoms with Crippen LogP contribution in [0.2, 0.25) is 0 Å². The fourth-order valence-electron chi connectivity index (χ4n) is 4.65. The molecular formula is C24H28N2O3. The maximum Gasteiger partial charge on any atom is 0.249 e. The zero-order valence-corrected chi connectivity index (χ0v) is 16.8. The van der Waals surface area contributed by atoms with Crippen molar-refractivity contribution in [3.63, 3.8) is 0 Å². The van der Waals surface area contributed by atoms with Gasteiger partial charge in [0.25, 0.3) is 0 Å². The van der Waals surface area contributed by atoms with E-state index in [0.717, 1.165) is 43.4 Å². The van der Waals surface area contributed by atoms with E-state index in [1.54, 1.807) is 4.90 Å². The van der Waals surface area contributed by atoms with Crippen molar-refractivity contribution in [2.75, 3.05) is 19.7 Å². The third kappa shape index (κ3) is 4.20. The lowest BCUT2D eigenvalue weighted by Gasteiger charge is -2.44. The average Bonchev–Trinajstić information content (AvgIpc) is 3.17. The van der Waals surface area contributed by atoms with Crippen LogP contribution in [0.1, 0.15) is 36.8 Å². The van der Waals surface area contributed by atoms with E-state index < -0.39 is 5.54 Å². The number of piperidine rings is 1. The van der Waals surface area contributed by atoms with Crippen molar-refractivity contribution < 1.29 is 14.3 Å². The van der Waals surface area contributed by atoms with Gasteiger partial charge in [-0.1, -0.05) is 60.7 Å². The zero-order valence-electron chi connectivity index (χ0n) is 16.8. The van der Waals surface area contributed by atoms with Gasteiger partial charge in [0, 0.05) is 19.6 Å². The Balaban J connectivity index is 1.41. The van der Waals surface area contributed by atoms with Crippen LogP contribution < -0.4 is 0 Å². The van der Waals surface area contributed by atoms with Crippen LogP contribution in [0, 0.1) is 0 Å². The molecule has 2 aromatic rings. The highest BCUT2D eigenvalue weighted by Crippen LogP contribution is 2.38. The van der Waals surface area contributed by atoms with Gasteiger partial charge in [-0.05, 0) is 36.8 Å². The first kappa shape index (κ1) is 19.6. The number of benzene rings is 2. The van der Waals surface area contributed by atoms with E-state index >= 15 is 0 Å². The lowest BCUT2D eigenvalue weighted by molar-refractivity contribution is -0.158. The number of carbonyl (C=O) groups is 2. The minimum Gasteiger partial charge on any atom is -0.367 e. The first-order valence-corrected chi connectivity index (χ1v) is 10.4. The second kappa shape index (κ2) is 8.78. The van der Waals surface area contributed by atoms with Gasteiger partial charge in [0.1, 0.15) is 12.1 Å². The van der Waals surface area contributed by atoms with E-state index in [0.29, 0.717) is 19.7 Å². The third-order valence-corrected chi connectivity index (χ3v) is 6.05. The van der Waals surface area contributed by atoms with E-state index in [4.69, 9.17) is 4.74 Å². The third-order valence-electron chi connectivity index (χ3n) is 6.05. The molecule has 1 atom stereocenters. The van der Waals surface area contributed by atoms with Crippen molar-refractivity contribution in [1.29, 1.82) is 0 Å². The molecule has 0 aliphatic carbocycles. The summed E-state index contributed by atoms with van der Waals surface area (Å²) < 4.78 is 5.67. The summed E-state index contributed by atoms with van der Waals surface area (Å²) in [6.45, 7) is 2.42. The molecule has 1 spiro atoms. The molecule has 2 amide bonds. The molecule has 0 saturated carbocycles. The van der Waals surface area contributed by atoms with Gasteiger partial charge >= 0.3 is 0 Å². The van der Waals surface area contributed by atoms with Crippen LogP contribution in [0.25, 0.3) is 0 Å². The van der Waals surface area contributed by atoms with Crippen molar-refractivity contribution in [3.05, 3.63) is 71.8 Å². The van der Waals surface area contributed by atoms with E-state index in [2.05, 4.69) is 0 Å². The van der Waals surface area contributed by atoms with Crippen molar-refractivity contribution >= 4 is 11.8 Å². The van der Waals surface area contributed by atoms with Crippen molar-refractivity contribution in [2.24, 2.45) is 0 Å². The molecule has 2 aromatic carbocycles. The van der Waals surface area contributed by atoms with Crippen LogP contribution in [-0.2, 0) is 27.5 Å². The highest BCUT2D eigenvalue weighted by atomic mass is 16.5. The maximum atomic E-state index is 13.5. The van der Waals surface area contributed by atoms with Crippen LogP contribution in [0.15, 0.2) is 60.7 Å². The smallest absolute Gasteiger partial charge is 0.249 e. The molecule has 2 saturated heterocycles. The molecular weight excluding hydrogens is 364 g/mol. The first-order chi connectivity index (χ1) is 14.2. The second-order valence-electron chi connectivity index (χ2n) is 7.97. The summed E-state index contributed by atoms with van der Waals surface area (Å²) in [5.74, 6) is 0.0230. The van der Waals surface area contributed by atoms with Gasteiger partial charge in [-0.2, -0.15) is 0 Å². The molecule has 1 unspecified atom stereocenters. The Hall–Kier alpha value is -2.66. The number of carbonyl (C=O) groups excluding carboxylic acids is 2. The Morgan fingerprint density at radius 2 is 1.52 bits per heavy atom. The molecule has 152 valence electrons. The molecule has 0 N–H and O–H groups in total. The summed E-state index contributed by atoms with van der Waals surface area (Å²) in [6.07, 6.45) is 3.30. The average molecular weight is 392 g/mol. The zero-order chi connectivity index (χ0) is 20.1. The molecule has 4 rings (SSSR count). The van der Waals surface area contributed by atoms with Crippen LogP contribution in [0.5, 0.6) is 0 Å². The van der Waals surface area contributed by atoms with Gasteiger partial charge in [-0.25, -0.2) is 0 Å². The van der Waals surface area contributed by atoms with Crippen molar-refractivity contribution in [2.45, 2.75) is 44.4 Å². The second-order valence-corrected chi connectivity index (χ2v) is 7.97. The molecule has 0 radical (unpaired) electrons. The van der Waals surface area contributed by atoms with Gasteiger partial charge in [-0.3, -0.25) is 9.59 Å². The Labute approximate surface area is 172 Å². The minimum absolute atomic E-state index is 0.0165. The fourth-order valence-corrected chi connectivity index (χ4v) is 4.65. The summed E-state index contributed by atoms with van der Waals surface area (Å²) in [6, 6.07) is 19.9. The fraction of sp³-hybridized carbons (Fsp3) is 0.417. The van der Waals surface area contributed by atoms with Crippen LogP contribution in [-0.4, -0.2) is 46.8 Å². The molecule has 5 heteroatoms. The number of rotatable bonds is 6. The predicted octanol–water partition coefficient (Wildman–Crippen LogP) is 3.39. The van der Waals surface area contributed by atoms with Gasteiger partial charge in [0.05, 0.1) is 6.61 Å². The Bertz CT molecular complexity index is 840. The predicted molar refractivity (Wildman–Crippen MR) is 111 cm³/mol. The number of hydrogen-bond acceptors (Lipinski definition) is 3. The Morgan fingerprint density at radius 3 is 2.21 bits per heavy atom.